The van der Waals surface area contributed by atoms with Gasteiger partial charge in [0.15, 0.2) is 0 Å². The third-order valence-electron chi connectivity index (χ3n) is 3.00. The second kappa shape index (κ2) is 5.18. The van der Waals surface area contributed by atoms with E-state index in [0.717, 1.165) is 16.4 Å². The van der Waals surface area contributed by atoms with Gasteiger partial charge in [-0.25, -0.2) is 8.42 Å². The maximum Gasteiger partial charge on any atom is 0.416 e. The van der Waals surface area contributed by atoms with E-state index in [9.17, 15) is 26.7 Å². The number of alkyl halides is 3. The van der Waals surface area contributed by atoms with Crippen molar-refractivity contribution in [2.24, 2.45) is 0 Å². The fourth-order valence-corrected chi connectivity index (χ4v) is 3.94. The van der Waals surface area contributed by atoms with Gasteiger partial charge in [-0.05, 0) is 24.6 Å². The molecule has 0 amide bonds. The second-order valence-electron chi connectivity index (χ2n) is 4.45. The number of halogens is 4. The Kier molecular flexibility index (Phi) is 4.03. The molecule has 1 aliphatic rings. The summed E-state index contributed by atoms with van der Waals surface area (Å²) in [6.07, 6.45) is -5.22. The molecular formula is C11H11ClF3NO3S. The van der Waals surface area contributed by atoms with Crippen molar-refractivity contribution in [2.45, 2.75) is 23.6 Å². The Labute approximate surface area is 118 Å². The Bertz CT molecular complexity index is 618. The zero-order chi connectivity index (χ0) is 15.1. The molecule has 1 heterocycles. The van der Waals surface area contributed by atoms with Crippen LogP contribution in [-0.4, -0.2) is 37.0 Å². The molecule has 0 bridgehead atoms. The van der Waals surface area contributed by atoms with Crippen LogP contribution in [-0.2, 0) is 16.2 Å². The van der Waals surface area contributed by atoms with Crippen LogP contribution in [0.15, 0.2) is 23.1 Å². The number of hydrogen-bond donors (Lipinski definition) is 1. The Balaban J connectivity index is 2.46. The molecule has 0 aromatic heterocycles. The Morgan fingerprint density at radius 2 is 2.00 bits per heavy atom. The lowest BCUT2D eigenvalue weighted by molar-refractivity contribution is -0.137. The van der Waals surface area contributed by atoms with Crippen molar-refractivity contribution < 1.29 is 26.7 Å². The number of sulfonamides is 1. The van der Waals surface area contributed by atoms with Crippen LogP contribution in [0.4, 0.5) is 13.2 Å². The summed E-state index contributed by atoms with van der Waals surface area (Å²) in [7, 11) is -4.14. The SMILES string of the molecule is O=S(=O)(c1cc(C(F)(F)F)ccc1Cl)N1CC[C@H](O)C1. The van der Waals surface area contributed by atoms with Crippen molar-refractivity contribution >= 4 is 21.6 Å². The fraction of sp³-hybridized carbons (Fsp3) is 0.455. The first-order chi connectivity index (χ1) is 9.12. The fourth-order valence-electron chi connectivity index (χ4n) is 1.95. The van der Waals surface area contributed by atoms with Gasteiger partial charge in [-0.15, -0.1) is 0 Å². The van der Waals surface area contributed by atoms with E-state index < -0.39 is 32.8 Å². The highest BCUT2D eigenvalue weighted by Crippen LogP contribution is 2.34. The molecule has 112 valence electrons. The van der Waals surface area contributed by atoms with E-state index in [-0.39, 0.29) is 24.5 Å². The molecule has 1 fully saturated rings. The minimum atomic E-state index is -4.65. The summed E-state index contributed by atoms with van der Waals surface area (Å²) in [4.78, 5) is -0.594. The molecule has 1 atom stereocenters. The summed E-state index contributed by atoms with van der Waals surface area (Å²) in [6, 6.07) is 2.15. The van der Waals surface area contributed by atoms with E-state index >= 15 is 0 Å². The maximum absolute atomic E-state index is 12.6. The molecule has 0 spiro atoms. The van der Waals surface area contributed by atoms with Crippen LogP contribution in [0.3, 0.4) is 0 Å². The van der Waals surface area contributed by atoms with Crippen molar-refractivity contribution in [1.82, 2.24) is 4.31 Å². The van der Waals surface area contributed by atoms with Gasteiger partial charge >= 0.3 is 6.18 Å². The summed E-state index contributed by atoms with van der Waals surface area (Å²) in [5.74, 6) is 0. The minimum absolute atomic E-state index is 0.0517. The number of aliphatic hydroxyl groups excluding tert-OH is 1. The van der Waals surface area contributed by atoms with Gasteiger partial charge in [-0.2, -0.15) is 17.5 Å². The maximum atomic E-state index is 12.6. The molecule has 0 unspecified atom stereocenters. The van der Waals surface area contributed by atoms with Gasteiger partial charge < -0.3 is 5.11 Å². The van der Waals surface area contributed by atoms with E-state index in [4.69, 9.17) is 11.6 Å². The monoisotopic (exact) mass is 329 g/mol. The van der Waals surface area contributed by atoms with E-state index in [2.05, 4.69) is 0 Å². The molecular weight excluding hydrogens is 319 g/mol. The van der Waals surface area contributed by atoms with Crippen molar-refractivity contribution in [3.63, 3.8) is 0 Å². The van der Waals surface area contributed by atoms with Crippen LogP contribution in [0.25, 0.3) is 0 Å². The van der Waals surface area contributed by atoms with Gasteiger partial charge in [0, 0.05) is 13.1 Å². The standard InChI is InChI=1S/C11H11ClF3NO3S/c12-9-2-1-7(11(13,14)15)5-10(9)20(18,19)16-4-3-8(17)6-16/h1-2,5,8,17H,3-4,6H2/t8-/m0/s1. The van der Waals surface area contributed by atoms with Gasteiger partial charge in [0.25, 0.3) is 0 Å². The number of β-amino-alcohol motifs (C(OH)–C–C–N with tert-alkyl or cyclic N) is 1. The molecule has 4 nitrogen and oxygen atoms in total. The summed E-state index contributed by atoms with van der Waals surface area (Å²) < 4.78 is 63.3. The van der Waals surface area contributed by atoms with Crippen molar-refractivity contribution in [3.05, 3.63) is 28.8 Å². The molecule has 0 radical (unpaired) electrons. The number of rotatable bonds is 2. The van der Waals surface area contributed by atoms with Crippen LogP contribution in [0, 0.1) is 0 Å². The normalized spacial score (nSPS) is 21.4. The highest BCUT2D eigenvalue weighted by atomic mass is 35.5. The lowest BCUT2D eigenvalue weighted by Gasteiger charge is -2.18. The minimum Gasteiger partial charge on any atom is -0.392 e. The Morgan fingerprint density at radius 3 is 2.50 bits per heavy atom. The molecule has 9 heteroatoms. The van der Waals surface area contributed by atoms with Gasteiger partial charge in [0.05, 0.1) is 16.7 Å². The molecule has 20 heavy (non-hydrogen) atoms. The first kappa shape index (κ1) is 15.6. The Hall–Kier alpha value is -0.830. The molecule has 2 rings (SSSR count). The third kappa shape index (κ3) is 2.93. The number of aliphatic hydroxyl groups is 1. The van der Waals surface area contributed by atoms with Gasteiger partial charge in [-0.1, -0.05) is 11.6 Å². The number of hydrogen-bond acceptors (Lipinski definition) is 3. The quantitative estimate of drug-likeness (QED) is 0.904. The highest BCUT2D eigenvalue weighted by Gasteiger charge is 2.36. The van der Waals surface area contributed by atoms with Crippen molar-refractivity contribution in [1.29, 1.82) is 0 Å². The van der Waals surface area contributed by atoms with E-state index in [1.165, 1.54) is 0 Å². The molecule has 1 aromatic rings. The molecule has 0 saturated carbocycles. The lowest BCUT2D eigenvalue weighted by Crippen LogP contribution is -2.30. The van der Waals surface area contributed by atoms with Gasteiger partial charge in [0.1, 0.15) is 4.90 Å². The predicted octanol–water partition coefficient (Wildman–Crippen LogP) is 2.11. The van der Waals surface area contributed by atoms with E-state index in [1.807, 2.05) is 0 Å². The van der Waals surface area contributed by atoms with E-state index in [0.29, 0.717) is 6.07 Å². The topological polar surface area (TPSA) is 57.6 Å². The number of nitrogens with zero attached hydrogens (tertiary/aromatic N) is 1. The van der Waals surface area contributed by atoms with Gasteiger partial charge in [0.2, 0.25) is 10.0 Å². The van der Waals surface area contributed by atoms with Crippen molar-refractivity contribution in [3.8, 4) is 0 Å². The highest BCUT2D eigenvalue weighted by molar-refractivity contribution is 7.89. The van der Waals surface area contributed by atoms with E-state index in [1.54, 1.807) is 0 Å². The molecule has 1 saturated heterocycles. The summed E-state index contributed by atoms with van der Waals surface area (Å²) in [5, 5.41) is 9.07. The molecule has 1 N–H and O–H groups in total. The Morgan fingerprint density at radius 1 is 1.35 bits per heavy atom. The summed E-state index contributed by atoms with van der Waals surface area (Å²) in [6.45, 7) is -0.0923. The molecule has 1 aliphatic heterocycles. The third-order valence-corrected chi connectivity index (χ3v) is 5.35. The molecule has 0 aliphatic carbocycles. The average molecular weight is 330 g/mol. The summed E-state index contributed by atoms with van der Waals surface area (Å²) >= 11 is 5.71. The zero-order valence-corrected chi connectivity index (χ0v) is 11.6. The summed E-state index contributed by atoms with van der Waals surface area (Å²) in [5.41, 5.74) is -1.08. The second-order valence-corrected chi connectivity index (χ2v) is 6.76. The smallest absolute Gasteiger partial charge is 0.392 e. The average Bonchev–Trinajstić information content (AvgIpc) is 2.75. The van der Waals surface area contributed by atoms with Crippen molar-refractivity contribution in [2.75, 3.05) is 13.1 Å². The van der Waals surface area contributed by atoms with Crippen LogP contribution >= 0.6 is 11.6 Å². The van der Waals surface area contributed by atoms with Crippen LogP contribution in [0.1, 0.15) is 12.0 Å². The first-order valence-electron chi connectivity index (χ1n) is 5.67. The van der Waals surface area contributed by atoms with Crippen LogP contribution < -0.4 is 0 Å². The first-order valence-corrected chi connectivity index (χ1v) is 7.49. The van der Waals surface area contributed by atoms with Gasteiger partial charge in [-0.3, -0.25) is 0 Å². The molecule has 1 aromatic carbocycles. The zero-order valence-electron chi connectivity index (χ0n) is 10.1. The van der Waals surface area contributed by atoms with Crippen LogP contribution in [0.5, 0.6) is 0 Å². The number of benzene rings is 1. The lowest BCUT2D eigenvalue weighted by atomic mass is 10.2. The van der Waals surface area contributed by atoms with Crippen LogP contribution in [0.2, 0.25) is 5.02 Å². The largest absolute Gasteiger partial charge is 0.416 e. The predicted molar refractivity (Wildman–Crippen MR) is 65.8 cm³/mol.